The first kappa shape index (κ1) is 22.2. The number of fused-ring (bicyclic) bond motifs is 1. The van der Waals surface area contributed by atoms with E-state index in [1.165, 1.54) is 25.3 Å². The van der Waals surface area contributed by atoms with E-state index >= 15 is 0 Å². The Balaban J connectivity index is 1.38. The Morgan fingerprint density at radius 2 is 1.71 bits per heavy atom. The fourth-order valence-electron chi connectivity index (χ4n) is 4.50. The van der Waals surface area contributed by atoms with E-state index in [0.29, 0.717) is 35.3 Å². The molecular formula is C29H28FNO3. The van der Waals surface area contributed by atoms with Gasteiger partial charge in [-0.3, -0.25) is 0 Å². The molecule has 1 aliphatic rings. The average Bonchev–Trinajstić information content (AvgIpc) is 2.86. The van der Waals surface area contributed by atoms with E-state index < -0.39 is 0 Å². The summed E-state index contributed by atoms with van der Waals surface area (Å²) in [7, 11) is 0. The molecule has 5 heteroatoms. The number of aromatic hydroxyl groups is 1. The number of nitrogens with one attached hydrogen (secondary N) is 1. The lowest BCUT2D eigenvalue weighted by Gasteiger charge is -2.23. The highest BCUT2D eigenvalue weighted by molar-refractivity contribution is 5.96. The molecule has 4 aromatic rings. The number of halogens is 1. The van der Waals surface area contributed by atoms with Crippen LogP contribution in [0.25, 0.3) is 21.9 Å². The molecule has 0 aliphatic carbocycles. The van der Waals surface area contributed by atoms with E-state index in [9.17, 15) is 9.50 Å². The maximum Gasteiger partial charge on any atom is 0.143 e. The largest absolute Gasteiger partial charge is 0.508 e. The number of hydrogen-bond donors (Lipinski definition) is 2. The molecule has 1 atom stereocenters. The molecule has 0 spiro atoms. The van der Waals surface area contributed by atoms with Gasteiger partial charge in [0.05, 0.1) is 6.61 Å². The molecule has 4 nitrogen and oxygen atoms in total. The second-order valence-electron chi connectivity index (χ2n) is 8.68. The van der Waals surface area contributed by atoms with Gasteiger partial charge in [-0.05, 0) is 85.8 Å². The molecule has 5 rings (SSSR count). The van der Waals surface area contributed by atoms with Gasteiger partial charge < -0.3 is 19.9 Å². The topological polar surface area (TPSA) is 50.7 Å². The van der Waals surface area contributed by atoms with Crippen molar-refractivity contribution in [2.45, 2.75) is 31.7 Å². The first-order valence-corrected chi connectivity index (χ1v) is 11.8. The zero-order chi connectivity index (χ0) is 23.3. The summed E-state index contributed by atoms with van der Waals surface area (Å²) >= 11 is 0. The van der Waals surface area contributed by atoms with Gasteiger partial charge in [0.15, 0.2) is 0 Å². The van der Waals surface area contributed by atoms with Gasteiger partial charge in [-0.2, -0.15) is 0 Å². The van der Waals surface area contributed by atoms with Gasteiger partial charge in [0, 0.05) is 22.6 Å². The standard InChI is InChI=1S/C29H28FNO3/c30-28-7-2-1-6-26(28)27-14-8-20-19-22(32)9-15-25(20)29(27)34-24-12-10-23(11-13-24)33-18-16-21-5-3-4-17-31-21/h1-2,6-15,19,21,31-32H,3-5,16-18H2. The highest BCUT2D eigenvalue weighted by Crippen LogP contribution is 2.41. The van der Waals surface area contributed by atoms with E-state index in [1.54, 1.807) is 36.4 Å². The number of rotatable bonds is 7. The molecule has 1 aliphatic heterocycles. The molecule has 174 valence electrons. The molecule has 0 radical (unpaired) electrons. The van der Waals surface area contributed by atoms with Crippen molar-refractivity contribution in [3.63, 3.8) is 0 Å². The van der Waals surface area contributed by atoms with Crippen molar-refractivity contribution in [2.75, 3.05) is 13.2 Å². The van der Waals surface area contributed by atoms with Crippen LogP contribution >= 0.6 is 0 Å². The lowest BCUT2D eigenvalue weighted by Crippen LogP contribution is -2.35. The van der Waals surface area contributed by atoms with Crippen LogP contribution in [0.4, 0.5) is 4.39 Å². The van der Waals surface area contributed by atoms with Crippen LogP contribution in [0.2, 0.25) is 0 Å². The van der Waals surface area contributed by atoms with Crippen molar-refractivity contribution in [3.05, 3.63) is 84.7 Å². The minimum Gasteiger partial charge on any atom is -0.508 e. The molecule has 0 amide bonds. The van der Waals surface area contributed by atoms with Crippen molar-refractivity contribution >= 4 is 10.8 Å². The first-order valence-electron chi connectivity index (χ1n) is 11.8. The van der Waals surface area contributed by atoms with Crippen LogP contribution in [-0.4, -0.2) is 24.3 Å². The normalized spacial score (nSPS) is 15.9. The lowest BCUT2D eigenvalue weighted by molar-refractivity contribution is 0.268. The summed E-state index contributed by atoms with van der Waals surface area (Å²) in [6.45, 7) is 1.77. The maximum absolute atomic E-state index is 14.6. The van der Waals surface area contributed by atoms with Gasteiger partial charge >= 0.3 is 0 Å². The Morgan fingerprint density at radius 3 is 2.50 bits per heavy atom. The number of phenolic OH excluding ortho intramolecular Hbond substituents is 1. The molecule has 1 fully saturated rings. The van der Waals surface area contributed by atoms with Crippen molar-refractivity contribution < 1.29 is 19.0 Å². The number of piperidine rings is 1. The molecule has 34 heavy (non-hydrogen) atoms. The van der Waals surface area contributed by atoms with Gasteiger partial charge in [-0.15, -0.1) is 0 Å². The van der Waals surface area contributed by atoms with E-state index in [4.69, 9.17) is 9.47 Å². The van der Waals surface area contributed by atoms with Crippen molar-refractivity contribution in [1.29, 1.82) is 0 Å². The van der Waals surface area contributed by atoms with Gasteiger partial charge in [-0.1, -0.05) is 30.7 Å². The third-order valence-electron chi connectivity index (χ3n) is 6.31. The number of phenols is 1. The summed E-state index contributed by atoms with van der Waals surface area (Å²) in [4.78, 5) is 0. The Hall–Kier alpha value is -3.57. The summed E-state index contributed by atoms with van der Waals surface area (Å²) in [5.41, 5.74) is 1.11. The minimum absolute atomic E-state index is 0.169. The molecule has 0 bridgehead atoms. The molecule has 2 N–H and O–H groups in total. The first-order chi connectivity index (χ1) is 16.7. The summed E-state index contributed by atoms with van der Waals surface area (Å²) in [5.74, 6) is 1.81. The zero-order valence-electron chi connectivity index (χ0n) is 19.0. The van der Waals surface area contributed by atoms with Gasteiger partial charge in [0.1, 0.15) is 28.8 Å². The molecule has 1 unspecified atom stereocenters. The summed E-state index contributed by atoms with van der Waals surface area (Å²) in [6.07, 6.45) is 4.75. The second kappa shape index (κ2) is 10.1. The SMILES string of the molecule is Oc1ccc2c(Oc3ccc(OCCC4CCCCN4)cc3)c(-c3ccccc3F)ccc2c1. The predicted molar refractivity (Wildman–Crippen MR) is 133 cm³/mol. The third-order valence-corrected chi connectivity index (χ3v) is 6.31. The summed E-state index contributed by atoms with van der Waals surface area (Å²) < 4.78 is 26.9. The molecule has 4 aromatic carbocycles. The number of hydrogen-bond acceptors (Lipinski definition) is 4. The fourth-order valence-corrected chi connectivity index (χ4v) is 4.50. The smallest absolute Gasteiger partial charge is 0.143 e. The van der Waals surface area contributed by atoms with Gasteiger partial charge in [-0.25, -0.2) is 4.39 Å². The van der Waals surface area contributed by atoms with Gasteiger partial charge in [0.25, 0.3) is 0 Å². The molecule has 1 saturated heterocycles. The molecule has 0 saturated carbocycles. The zero-order valence-corrected chi connectivity index (χ0v) is 19.0. The van der Waals surface area contributed by atoms with Crippen molar-refractivity contribution in [2.24, 2.45) is 0 Å². The fraction of sp³-hybridized carbons (Fsp3) is 0.241. The molecular weight excluding hydrogens is 429 g/mol. The Bertz CT molecular complexity index is 1270. The van der Waals surface area contributed by atoms with Crippen LogP contribution in [0, 0.1) is 5.82 Å². The molecule has 0 aromatic heterocycles. The Labute approximate surface area is 199 Å². The van der Waals surface area contributed by atoms with Crippen molar-refractivity contribution in [3.8, 4) is 34.1 Å². The summed E-state index contributed by atoms with van der Waals surface area (Å²) in [5, 5.41) is 15.0. The van der Waals surface area contributed by atoms with Crippen LogP contribution in [0.15, 0.2) is 78.9 Å². The van der Waals surface area contributed by atoms with E-state index in [1.807, 2.05) is 36.4 Å². The molecule has 1 heterocycles. The Kier molecular flexibility index (Phi) is 6.63. The highest BCUT2D eigenvalue weighted by Gasteiger charge is 2.16. The van der Waals surface area contributed by atoms with Crippen molar-refractivity contribution in [1.82, 2.24) is 5.32 Å². The minimum atomic E-state index is -0.318. The van der Waals surface area contributed by atoms with E-state index in [-0.39, 0.29) is 11.6 Å². The van der Waals surface area contributed by atoms with Crippen LogP contribution in [0.5, 0.6) is 23.0 Å². The van der Waals surface area contributed by atoms with Gasteiger partial charge in [0.2, 0.25) is 0 Å². The van der Waals surface area contributed by atoms with E-state index in [0.717, 1.165) is 29.5 Å². The average molecular weight is 458 g/mol. The quantitative estimate of drug-likeness (QED) is 0.312. The number of ether oxygens (including phenoxy) is 2. The lowest BCUT2D eigenvalue weighted by atomic mass is 9.99. The Morgan fingerprint density at radius 1 is 0.882 bits per heavy atom. The van der Waals surface area contributed by atoms with E-state index in [2.05, 4.69) is 5.32 Å². The van der Waals surface area contributed by atoms with Crippen LogP contribution in [0.1, 0.15) is 25.7 Å². The predicted octanol–water partition coefficient (Wildman–Crippen LogP) is 7.05. The monoisotopic (exact) mass is 457 g/mol. The summed E-state index contributed by atoms with van der Waals surface area (Å²) in [6, 6.07) is 23.5. The second-order valence-corrected chi connectivity index (χ2v) is 8.68. The van der Waals surface area contributed by atoms with Crippen LogP contribution in [-0.2, 0) is 0 Å². The number of benzene rings is 4. The maximum atomic E-state index is 14.6. The van der Waals surface area contributed by atoms with Crippen LogP contribution < -0.4 is 14.8 Å². The highest BCUT2D eigenvalue weighted by atomic mass is 19.1. The third kappa shape index (κ3) is 5.00. The van der Waals surface area contributed by atoms with Crippen LogP contribution in [0.3, 0.4) is 0 Å².